The van der Waals surface area contributed by atoms with Gasteiger partial charge in [0.2, 0.25) is 0 Å². The van der Waals surface area contributed by atoms with Crippen LogP contribution in [0.3, 0.4) is 0 Å². The Kier molecular flexibility index (Phi) is 48.4. The van der Waals surface area contributed by atoms with Gasteiger partial charge in [0.25, 0.3) is 0 Å². The van der Waals surface area contributed by atoms with Gasteiger partial charge in [-0.1, -0.05) is 210 Å². The Balaban J connectivity index is 4.36. The molecule has 0 rings (SSSR count). The SMILES string of the molecule is CC\C=C/C=C\C=C/CCCCCCCC(=O)OC(COC(=O)CCCCCCC/C=C\CCCCC)COC(=O)CCCCCCCCC/C=C\CCCCCCCCCC. The van der Waals surface area contributed by atoms with E-state index in [2.05, 4.69) is 81.5 Å². The number of hydrogen-bond donors (Lipinski definition) is 0. The first-order valence-electron chi connectivity index (χ1n) is 26.3. The first-order valence-corrected chi connectivity index (χ1v) is 26.3. The number of unbranched alkanes of at least 4 members (excludes halogenated alkanes) is 28. The van der Waals surface area contributed by atoms with E-state index in [0.29, 0.717) is 19.3 Å². The summed E-state index contributed by atoms with van der Waals surface area (Å²) in [6, 6.07) is 0. The van der Waals surface area contributed by atoms with E-state index < -0.39 is 6.10 Å². The van der Waals surface area contributed by atoms with Crippen molar-refractivity contribution in [2.24, 2.45) is 0 Å². The minimum atomic E-state index is -0.788. The van der Waals surface area contributed by atoms with Crippen molar-refractivity contribution < 1.29 is 28.6 Å². The van der Waals surface area contributed by atoms with E-state index in [1.54, 1.807) is 0 Å². The van der Waals surface area contributed by atoms with Gasteiger partial charge in [-0.3, -0.25) is 14.4 Å². The lowest BCUT2D eigenvalue weighted by Crippen LogP contribution is -2.30. The molecule has 358 valence electrons. The van der Waals surface area contributed by atoms with Crippen LogP contribution in [0.2, 0.25) is 0 Å². The fourth-order valence-corrected chi connectivity index (χ4v) is 7.31. The highest BCUT2D eigenvalue weighted by Crippen LogP contribution is 2.15. The van der Waals surface area contributed by atoms with Crippen LogP contribution in [0, 0.1) is 0 Å². The first kappa shape index (κ1) is 59.1. The fourth-order valence-electron chi connectivity index (χ4n) is 7.31. The number of esters is 3. The molecule has 62 heavy (non-hydrogen) atoms. The van der Waals surface area contributed by atoms with E-state index in [9.17, 15) is 14.4 Å². The Morgan fingerprint density at radius 3 is 1.05 bits per heavy atom. The molecule has 0 aromatic heterocycles. The normalized spacial score (nSPS) is 12.5. The van der Waals surface area contributed by atoms with E-state index in [4.69, 9.17) is 14.2 Å². The molecule has 0 saturated carbocycles. The number of hydrogen-bond acceptors (Lipinski definition) is 6. The highest BCUT2D eigenvalue weighted by molar-refractivity contribution is 5.71. The molecule has 0 heterocycles. The molecule has 0 amide bonds. The van der Waals surface area contributed by atoms with Gasteiger partial charge in [0.15, 0.2) is 6.10 Å². The van der Waals surface area contributed by atoms with Gasteiger partial charge in [-0.25, -0.2) is 0 Å². The Morgan fingerprint density at radius 2 is 0.645 bits per heavy atom. The molecule has 0 radical (unpaired) electrons. The summed E-state index contributed by atoms with van der Waals surface area (Å²) in [5, 5.41) is 0. The topological polar surface area (TPSA) is 78.9 Å². The monoisotopic (exact) mass is 867 g/mol. The minimum absolute atomic E-state index is 0.0872. The average Bonchev–Trinajstić information content (AvgIpc) is 3.27. The summed E-state index contributed by atoms with van der Waals surface area (Å²) in [6.07, 6.45) is 62.1. The summed E-state index contributed by atoms with van der Waals surface area (Å²) in [7, 11) is 0. The van der Waals surface area contributed by atoms with Crippen molar-refractivity contribution in [1.29, 1.82) is 0 Å². The summed E-state index contributed by atoms with van der Waals surface area (Å²) >= 11 is 0. The zero-order valence-corrected chi connectivity index (χ0v) is 40.9. The summed E-state index contributed by atoms with van der Waals surface area (Å²) in [4.78, 5) is 37.9. The third-order valence-electron chi connectivity index (χ3n) is 11.3. The van der Waals surface area contributed by atoms with Crippen molar-refractivity contribution in [3.8, 4) is 0 Å². The third-order valence-corrected chi connectivity index (χ3v) is 11.3. The average molecular weight is 867 g/mol. The molecule has 0 bridgehead atoms. The quantitative estimate of drug-likeness (QED) is 0.0199. The lowest BCUT2D eigenvalue weighted by Gasteiger charge is -2.18. The summed E-state index contributed by atoms with van der Waals surface area (Å²) in [6.45, 7) is 6.46. The molecule has 0 aliphatic rings. The lowest BCUT2D eigenvalue weighted by molar-refractivity contribution is -0.167. The first-order chi connectivity index (χ1) is 30.5. The molecular weight excluding hydrogens is 769 g/mol. The maximum absolute atomic E-state index is 12.8. The summed E-state index contributed by atoms with van der Waals surface area (Å²) < 4.78 is 16.8. The van der Waals surface area contributed by atoms with Gasteiger partial charge in [-0.15, -0.1) is 0 Å². The predicted octanol–water partition coefficient (Wildman–Crippen LogP) is 17.3. The largest absolute Gasteiger partial charge is 0.462 e. The van der Waals surface area contributed by atoms with Crippen LogP contribution in [0.25, 0.3) is 0 Å². The molecule has 6 heteroatoms. The smallest absolute Gasteiger partial charge is 0.306 e. The molecule has 0 aromatic rings. The maximum atomic E-state index is 12.8. The maximum Gasteiger partial charge on any atom is 0.306 e. The van der Waals surface area contributed by atoms with Crippen LogP contribution in [-0.4, -0.2) is 37.2 Å². The Morgan fingerprint density at radius 1 is 0.339 bits per heavy atom. The van der Waals surface area contributed by atoms with Gasteiger partial charge >= 0.3 is 17.9 Å². The number of carbonyl (C=O) groups excluding carboxylic acids is 3. The van der Waals surface area contributed by atoms with Crippen LogP contribution in [0.4, 0.5) is 0 Å². The lowest BCUT2D eigenvalue weighted by atomic mass is 10.1. The second-order valence-corrected chi connectivity index (χ2v) is 17.5. The number of carbonyl (C=O) groups is 3. The van der Waals surface area contributed by atoms with Crippen LogP contribution in [0.1, 0.15) is 258 Å². The van der Waals surface area contributed by atoms with Crippen molar-refractivity contribution >= 4 is 17.9 Å². The molecule has 0 spiro atoms. The van der Waals surface area contributed by atoms with Gasteiger partial charge in [-0.05, 0) is 89.9 Å². The van der Waals surface area contributed by atoms with Crippen molar-refractivity contribution in [1.82, 2.24) is 0 Å². The molecule has 0 saturated heterocycles. The third kappa shape index (κ3) is 48.1. The van der Waals surface area contributed by atoms with Crippen LogP contribution < -0.4 is 0 Å². The van der Waals surface area contributed by atoms with Gasteiger partial charge < -0.3 is 14.2 Å². The number of allylic oxidation sites excluding steroid dienone is 10. The number of ether oxygens (including phenoxy) is 3. The van der Waals surface area contributed by atoms with Crippen molar-refractivity contribution in [2.45, 2.75) is 264 Å². The van der Waals surface area contributed by atoms with Crippen LogP contribution in [0.5, 0.6) is 0 Å². The molecule has 1 atom stereocenters. The number of rotatable bonds is 47. The van der Waals surface area contributed by atoms with Crippen molar-refractivity contribution in [3.05, 3.63) is 60.8 Å². The van der Waals surface area contributed by atoms with E-state index in [0.717, 1.165) is 89.9 Å². The Hall–Kier alpha value is -2.89. The summed E-state index contributed by atoms with van der Waals surface area (Å²) in [5.74, 6) is -0.918. The van der Waals surface area contributed by atoms with E-state index in [1.165, 1.54) is 128 Å². The Labute approximate surface area is 383 Å². The molecule has 0 fully saturated rings. The van der Waals surface area contributed by atoms with Crippen LogP contribution >= 0.6 is 0 Å². The molecule has 0 aromatic carbocycles. The standard InChI is InChI=1S/C56H98O6/c1-4-7-10-13-16-19-22-25-26-27-28-29-30-32-34-37-40-43-46-49-55(58)61-52-53(51-60-54(57)48-45-42-39-36-33-24-21-18-15-12-9-6-3)62-56(59)50-47-44-41-38-35-31-23-20-17-14-11-8-5-2/h8,11,14,17-18,20-21,23,27-28,53H,4-7,9-10,12-13,15-16,19,22,24-26,29-52H2,1-3H3/b11-8-,17-14-,21-18-,23-20-,28-27-. The molecule has 1 unspecified atom stereocenters. The highest BCUT2D eigenvalue weighted by Gasteiger charge is 2.19. The molecule has 0 aliphatic carbocycles. The van der Waals surface area contributed by atoms with Gasteiger partial charge in [0.1, 0.15) is 13.2 Å². The zero-order chi connectivity index (χ0) is 45.1. The second-order valence-electron chi connectivity index (χ2n) is 17.5. The second kappa shape index (κ2) is 50.8. The molecular formula is C56H98O6. The molecule has 6 nitrogen and oxygen atoms in total. The Bertz CT molecular complexity index is 1130. The zero-order valence-electron chi connectivity index (χ0n) is 40.9. The van der Waals surface area contributed by atoms with Gasteiger partial charge in [0.05, 0.1) is 0 Å². The van der Waals surface area contributed by atoms with Gasteiger partial charge in [0, 0.05) is 19.3 Å². The highest BCUT2D eigenvalue weighted by atomic mass is 16.6. The van der Waals surface area contributed by atoms with Crippen molar-refractivity contribution in [3.63, 3.8) is 0 Å². The predicted molar refractivity (Wildman–Crippen MR) is 265 cm³/mol. The molecule has 0 aliphatic heterocycles. The summed E-state index contributed by atoms with van der Waals surface area (Å²) in [5.41, 5.74) is 0. The van der Waals surface area contributed by atoms with E-state index in [-0.39, 0.29) is 31.1 Å². The van der Waals surface area contributed by atoms with Crippen LogP contribution in [-0.2, 0) is 28.6 Å². The van der Waals surface area contributed by atoms with E-state index in [1.807, 2.05) is 0 Å². The minimum Gasteiger partial charge on any atom is -0.462 e. The van der Waals surface area contributed by atoms with E-state index >= 15 is 0 Å². The van der Waals surface area contributed by atoms with Crippen molar-refractivity contribution in [2.75, 3.05) is 13.2 Å². The molecule has 0 N–H and O–H groups in total. The van der Waals surface area contributed by atoms with Crippen LogP contribution in [0.15, 0.2) is 60.8 Å². The van der Waals surface area contributed by atoms with Gasteiger partial charge in [-0.2, -0.15) is 0 Å². The fraction of sp³-hybridized carbons (Fsp3) is 0.768.